The molecule has 3 aromatic carbocycles. The quantitative estimate of drug-likeness (QED) is 0.443. The molecule has 23 heavy (non-hydrogen) atoms. The van der Waals surface area contributed by atoms with Gasteiger partial charge in [0.2, 0.25) is 0 Å². The summed E-state index contributed by atoms with van der Waals surface area (Å²) in [5.74, 6) is 0. The Morgan fingerprint density at radius 2 is 1.09 bits per heavy atom. The average Bonchev–Trinajstić information content (AvgIpc) is 2.57. The van der Waals surface area contributed by atoms with Gasteiger partial charge in [0.05, 0.1) is 0 Å². The molecule has 0 nitrogen and oxygen atoms in total. The van der Waals surface area contributed by atoms with Crippen molar-refractivity contribution in [3.05, 3.63) is 90.5 Å². The second-order valence-corrected chi connectivity index (χ2v) is 11.9. The molecule has 3 radical (unpaired) electrons. The molecule has 0 saturated heterocycles. The second-order valence-electron chi connectivity index (χ2n) is 6.15. The Morgan fingerprint density at radius 1 is 0.652 bits per heavy atom. The van der Waals surface area contributed by atoms with Crippen molar-refractivity contribution in [1.29, 1.82) is 0 Å². The molecule has 0 amide bonds. The number of benzene rings is 3. The minimum absolute atomic E-state index is 0.230. The number of rotatable bonds is 4. The summed E-state index contributed by atoms with van der Waals surface area (Å²) < 4.78 is 0.230. The summed E-state index contributed by atoms with van der Waals surface area (Å²) >= 11 is 1.55. The van der Waals surface area contributed by atoms with Crippen LogP contribution in [0, 0.1) is 0 Å². The average molecular weight is 422 g/mol. The Kier molecular flexibility index (Phi) is 5.24. The van der Waals surface area contributed by atoms with Crippen molar-refractivity contribution >= 4 is 46.4 Å². The molecule has 0 aliphatic rings. The fourth-order valence-electron chi connectivity index (χ4n) is 2.78. The van der Waals surface area contributed by atoms with Gasteiger partial charge in [-0.25, -0.2) is 0 Å². The van der Waals surface area contributed by atoms with Crippen LogP contribution >= 0.6 is 7.92 Å². The van der Waals surface area contributed by atoms with Gasteiger partial charge in [-0.05, 0) is 0 Å². The predicted molar refractivity (Wildman–Crippen MR) is 104 cm³/mol. The molecule has 0 N–H and O–H groups in total. The van der Waals surface area contributed by atoms with Crippen LogP contribution in [0.3, 0.4) is 0 Å². The van der Waals surface area contributed by atoms with Crippen LogP contribution in [0.25, 0.3) is 0 Å². The van der Waals surface area contributed by atoms with Crippen molar-refractivity contribution in [2.75, 3.05) is 0 Å². The van der Waals surface area contributed by atoms with Crippen molar-refractivity contribution in [2.24, 2.45) is 0 Å². The van der Waals surface area contributed by atoms with Crippen LogP contribution in [-0.2, 0) is 3.43 Å². The van der Waals surface area contributed by atoms with Crippen LogP contribution < -0.4 is 15.9 Å². The van der Waals surface area contributed by atoms with Gasteiger partial charge < -0.3 is 0 Å². The Hall–Kier alpha value is -1.11. The first-order valence-corrected chi connectivity index (χ1v) is 10.6. The van der Waals surface area contributed by atoms with Crippen LogP contribution in [-0.4, -0.2) is 22.5 Å². The molecule has 0 fully saturated rings. The Bertz CT molecular complexity index is 721. The molecular weight excluding hydrogens is 402 g/mol. The van der Waals surface area contributed by atoms with Crippen molar-refractivity contribution in [1.82, 2.24) is 0 Å². The zero-order chi connectivity index (χ0) is 16.3. The summed E-state index contributed by atoms with van der Waals surface area (Å²) in [6, 6.07) is 30.9. The summed E-state index contributed by atoms with van der Waals surface area (Å²) in [6.07, 6.45) is 0. The second kappa shape index (κ2) is 7.19. The SMILES string of the molecule is C[C](C)([Sn])c1ccccc1P(c1ccccc1)c1ccccc1. The Balaban J connectivity index is 2.22. The van der Waals surface area contributed by atoms with Gasteiger partial charge in [-0.3, -0.25) is 0 Å². The van der Waals surface area contributed by atoms with Crippen molar-refractivity contribution < 1.29 is 0 Å². The molecule has 0 aliphatic heterocycles. The number of hydrogen-bond donors (Lipinski definition) is 0. The monoisotopic (exact) mass is 423 g/mol. The van der Waals surface area contributed by atoms with Crippen LogP contribution in [0.15, 0.2) is 84.9 Å². The molecular formula is C21H20PSn. The van der Waals surface area contributed by atoms with E-state index in [4.69, 9.17) is 0 Å². The van der Waals surface area contributed by atoms with Crippen LogP contribution in [0.2, 0.25) is 0 Å². The first-order valence-electron chi connectivity index (χ1n) is 7.82. The normalized spacial score (nSPS) is 11.7. The molecule has 0 heterocycles. The molecule has 3 rings (SSSR count). The standard InChI is InChI=1S/C21H20P.Sn/c1-17(2)20-15-9-10-16-21(20)22(18-11-5-3-6-12-18)19-13-7-4-8-14-19;/h3-16H,1-2H3;. The molecule has 0 bridgehead atoms. The topological polar surface area (TPSA) is 0 Å². The first kappa shape index (κ1) is 16.7. The van der Waals surface area contributed by atoms with Crippen molar-refractivity contribution in [2.45, 2.75) is 17.3 Å². The zero-order valence-electron chi connectivity index (χ0n) is 13.5. The summed E-state index contributed by atoms with van der Waals surface area (Å²) in [5, 5.41) is 4.32. The first-order chi connectivity index (χ1) is 11.1. The van der Waals surface area contributed by atoms with Gasteiger partial charge in [0.1, 0.15) is 0 Å². The van der Waals surface area contributed by atoms with Gasteiger partial charge in [-0.1, -0.05) is 0 Å². The number of hydrogen-bond acceptors (Lipinski definition) is 0. The van der Waals surface area contributed by atoms with E-state index in [2.05, 4.69) is 98.8 Å². The Labute approximate surface area is 153 Å². The molecule has 0 atom stereocenters. The van der Waals surface area contributed by atoms with E-state index in [1.165, 1.54) is 21.5 Å². The van der Waals surface area contributed by atoms with E-state index in [9.17, 15) is 0 Å². The van der Waals surface area contributed by atoms with Gasteiger partial charge in [-0.15, -0.1) is 0 Å². The van der Waals surface area contributed by atoms with Crippen LogP contribution in [0.1, 0.15) is 19.4 Å². The van der Waals surface area contributed by atoms with Crippen molar-refractivity contribution in [3.8, 4) is 0 Å². The van der Waals surface area contributed by atoms with E-state index < -0.39 is 7.92 Å². The van der Waals surface area contributed by atoms with Crippen molar-refractivity contribution in [3.63, 3.8) is 0 Å². The van der Waals surface area contributed by atoms with Gasteiger partial charge in [0, 0.05) is 0 Å². The Morgan fingerprint density at radius 3 is 1.57 bits per heavy atom. The van der Waals surface area contributed by atoms with E-state index >= 15 is 0 Å². The molecule has 0 aromatic heterocycles. The fraction of sp³-hybridized carbons (Fsp3) is 0.143. The van der Waals surface area contributed by atoms with Gasteiger partial charge >= 0.3 is 154 Å². The maximum atomic E-state index is 2.34. The molecule has 0 unspecified atom stereocenters. The third kappa shape index (κ3) is 3.87. The third-order valence-electron chi connectivity index (χ3n) is 3.85. The summed E-state index contributed by atoms with van der Waals surface area (Å²) in [7, 11) is -0.517. The summed E-state index contributed by atoms with van der Waals surface area (Å²) in [4.78, 5) is 0. The zero-order valence-corrected chi connectivity index (χ0v) is 17.3. The molecule has 3 aromatic rings. The summed E-state index contributed by atoms with van der Waals surface area (Å²) in [5.41, 5.74) is 1.48. The molecule has 0 aliphatic carbocycles. The third-order valence-corrected chi connectivity index (χ3v) is 7.12. The summed E-state index contributed by atoms with van der Waals surface area (Å²) in [6.45, 7) is 4.68. The minimum atomic E-state index is -0.517. The molecule has 113 valence electrons. The maximum absolute atomic E-state index is 2.34. The van der Waals surface area contributed by atoms with Crippen LogP contribution in [0.4, 0.5) is 0 Å². The molecule has 2 heteroatoms. The van der Waals surface area contributed by atoms with E-state index in [1.54, 1.807) is 22.5 Å². The van der Waals surface area contributed by atoms with E-state index in [0.29, 0.717) is 0 Å². The van der Waals surface area contributed by atoms with Gasteiger partial charge in [0.25, 0.3) is 0 Å². The molecule has 0 spiro atoms. The van der Waals surface area contributed by atoms with Gasteiger partial charge in [0.15, 0.2) is 0 Å². The molecule has 0 saturated carbocycles. The van der Waals surface area contributed by atoms with E-state index in [-0.39, 0.29) is 3.43 Å². The van der Waals surface area contributed by atoms with E-state index in [0.717, 1.165) is 0 Å². The van der Waals surface area contributed by atoms with E-state index in [1.807, 2.05) is 0 Å². The predicted octanol–water partition coefficient (Wildman–Crippen LogP) is 3.85. The van der Waals surface area contributed by atoms with Gasteiger partial charge in [-0.2, -0.15) is 0 Å². The van der Waals surface area contributed by atoms with Crippen LogP contribution in [0.5, 0.6) is 0 Å². The fourth-order valence-corrected chi connectivity index (χ4v) is 6.33.